The minimum absolute atomic E-state index is 0.0118. The van der Waals surface area contributed by atoms with E-state index in [0.717, 1.165) is 17.5 Å². The van der Waals surface area contributed by atoms with Gasteiger partial charge in [0.1, 0.15) is 34.8 Å². The molecule has 4 heterocycles. The highest BCUT2D eigenvalue weighted by atomic mass is 79.9. The molecule has 2 N–H and O–H groups in total. The number of aromatic nitrogens is 5. The molecule has 1 aromatic carbocycles. The maximum Gasteiger partial charge on any atom is 0.248 e. The molecule has 1 aliphatic carbocycles. The lowest BCUT2D eigenvalue weighted by Crippen LogP contribution is -2.47. The van der Waals surface area contributed by atoms with Crippen LogP contribution in [-0.2, 0) is 16.1 Å². The van der Waals surface area contributed by atoms with Crippen molar-refractivity contribution in [2.75, 3.05) is 5.32 Å². The van der Waals surface area contributed by atoms with Crippen molar-refractivity contribution in [1.29, 1.82) is 0 Å². The van der Waals surface area contributed by atoms with Gasteiger partial charge in [-0.3, -0.25) is 19.1 Å². The zero-order valence-electron chi connectivity index (χ0n) is 24.9. The molecular weight excluding hydrogens is 633 g/mol. The van der Waals surface area contributed by atoms with Crippen LogP contribution in [0.4, 0.5) is 10.2 Å². The summed E-state index contributed by atoms with van der Waals surface area (Å²) in [6.07, 6.45) is 3.72. The van der Waals surface area contributed by atoms with E-state index < -0.39 is 18.0 Å². The van der Waals surface area contributed by atoms with E-state index in [1.165, 1.54) is 17.7 Å². The number of benzene rings is 1. The second-order valence-corrected chi connectivity index (χ2v) is 12.8. The topological polar surface area (TPSA) is 143 Å². The van der Waals surface area contributed by atoms with Crippen LogP contribution in [-0.4, -0.2) is 64.4 Å². The molecule has 1 saturated heterocycles. The van der Waals surface area contributed by atoms with Crippen molar-refractivity contribution < 1.29 is 23.9 Å². The van der Waals surface area contributed by atoms with Gasteiger partial charge in [-0.05, 0) is 89.8 Å². The van der Waals surface area contributed by atoms with Gasteiger partial charge in [0.2, 0.25) is 11.8 Å². The van der Waals surface area contributed by atoms with Gasteiger partial charge in [0.25, 0.3) is 0 Å². The first-order chi connectivity index (χ1) is 20.8. The standard InChI is InChI=1S/C31H31BrFN7O4/c1-14-6-18(19-11-34-29(17(4)42)35-12-19)8-20-25(16(3)41)38-39(26(14)20)13-24(43)40-22(9-31(5)10-23(31)40)30(44)37-28-15(2)7-21(33)27(32)36-28/h6-8,11-12,17,22-23,42H,9-10,13H2,1-5H3,(H,36,37,44)/t17?,22-,23+,31-/m0/s1. The quantitative estimate of drug-likeness (QED) is 0.214. The van der Waals surface area contributed by atoms with E-state index in [-0.39, 0.29) is 51.7 Å². The Morgan fingerprint density at radius 3 is 2.50 bits per heavy atom. The average molecular weight is 665 g/mol. The summed E-state index contributed by atoms with van der Waals surface area (Å²) in [6.45, 7) is 8.44. The molecule has 13 heteroatoms. The van der Waals surface area contributed by atoms with Gasteiger partial charge in [-0.2, -0.15) is 5.10 Å². The Balaban J connectivity index is 1.30. The number of hydrogen-bond acceptors (Lipinski definition) is 8. The van der Waals surface area contributed by atoms with Crippen molar-refractivity contribution in [3.05, 3.63) is 63.7 Å². The van der Waals surface area contributed by atoms with Crippen molar-refractivity contribution in [3.8, 4) is 11.1 Å². The van der Waals surface area contributed by atoms with Gasteiger partial charge in [0.05, 0.1) is 5.52 Å². The number of Topliss-reactive ketones (excluding diaryl/α,β-unsaturated/α-hetero) is 1. The number of nitrogens with zero attached hydrogens (tertiary/aromatic N) is 6. The van der Waals surface area contributed by atoms with E-state index in [4.69, 9.17) is 0 Å². The SMILES string of the molecule is CC(=O)c1nn(CC(=O)N2[C@H](C(=O)Nc3nc(Br)c(F)cc3C)C[C@@]3(C)C[C@@H]23)c2c(C)cc(-c3cnc(C(C)O)nc3)cc12. The number of aliphatic hydroxyl groups is 1. The van der Waals surface area contributed by atoms with Gasteiger partial charge in [-0.15, -0.1) is 0 Å². The summed E-state index contributed by atoms with van der Waals surface area (Å²) in [5.41, 5.74) is 3.43. The van der Waals surface area contributed by atoms with E-state index in [1.807, 2.05) is 19.1 Å². The van der Waals surface area contributed by atoms with Crippen molar-refractivity contribution in [2.24, 2.45) is 5.41 Å². The molecule has 6 rings (SSSR count). The molecular formula is C31H31BrFN7O4. The molecule has 2 amide bonds. The van der Waals surface area contributed by atoms with Gasteiger partial charge in [0, 0.05) is 36.3 Å². The zero-order chi connectivity index (χ0) is 31.7. The number of likely N-dealkylation sites (tertiary alicyclic amines) is 1. The number of aryl methyl sites for hydroxylation is 2. The number of aliphatic hydroxyl groups excluding tert-OH is 1. The Labute approximate surface area is 261 Å². The smallest absolute Gasteiger partial charge is 0.248 e. The summed E-state index contributed by atoms with van der Waals surface area (Å²) in [6, 6.07) is 4.20. The molecule has 4 aromatic rings. The first kappa shape index (κ1) is 29.9. The monoisotopic (exact) mass is 663 g/mol. The van der Waals surface area contributed by atoms with Gasteiger partial charge in [-0.1, -0.05) is 6.92 Å². The Bertz CT molecular complexity index is 1860. The molecule has 4 atom stereocenters. The lowest BCUT2D eigenvalue weighted by molar-refractivity contribution is -0.138. The van der Waals surface area contributed by atoms with E-state index in [2.05, 4.69) is 48.2 Å². The maximum absolute atomic E-state index is 13.9. The second kappa shape index (κ2) is 10.8. The van der Waals surface area contributed by atoms with Crippen molar-refractivity contribution in [2.45, 2.75) is 72.2 Å². The molecule has 1 saturated carbocycles. The lowest BCUT2D eigenvalue weighted by atomic mass is 10.0. The Morgan fingerprint density at radius 1 is 1.14 bits per heavy atom. The number of ketones is 1. The summed E-state index contributed by atoms with van der Waals surface area (Å²) < 4.78 is 15.4. The van der Waals surface area contributed by atoms with Crippen LogP contribution in [0.1, 0.15) is 67.2 Å². The van der Waals surface area contributed by atoms with Crippen LogP contribution in [0.25, 0.3) is 22.0 Å². The van der Waals surface area contributed by atoms with Gasteiger partial charge in [0.15, 0.2) is 17.4 Å². The van der Waals surface area contributed by atoms with E-state index in [1.54, 1.807) is 31.1 Å². The summed E-state index contributed by atoms with van der Waals surface area (Å²) in [5, 5.41) is 17.7. The number of amides is 2. The van der Waals surface area contributed by atoms with Gasteiger partial charge < -0.3 is 15.3 Å². The molecule has 0 bridgehead atoms. The van der Waals surface area contributed by atoms with Crippen LogP contribution in [0.15, 0.2) is 35.2 Å². The van der Waals surface area contributed by atoms with Crippen molar-refractivity contribution in [1.82, 2.24) is 29.6 Å². The van der Waals surface area contributed by atoms with Crippen LogP contribution in [0, 0.1) is 25.1 Å². The minimum Gasteiger partial charge on any atom is -0.385 e. The number of pyridine rings is 1. The maximum atomic E-state index is 13.9. The van der Waals surface area contributed by atoms with Crippen molar-refractivity contribution in [3.63, 3.8) is 0 Å². The van der Waals surface area contributed by atoms with Gasteiger partial charge >= 0.3 is 0 Å². The Hall–Kier alpha value is -4.10. The number of piperidine rings is 1. The third-order valence-electron chi connectivity index (χ3n) is 8.62. The van der Waals surface area contributed by atoms with E-state index >= 15 is 0 Å². The van der Waals surface area contributed by atoms with Crippen LogP contribution >= 0.6 is 15.9 Å². The number of carbonyl (C=O) groups excluding carboxylic acids is 3. The summed E-state index contributed by atoms with van der Waals surface area (Å²) >= 11 is 3.06. The Kier molecular flexibility index (Phi) is 7.36. The summed E-state index contributed by atoms with van der Waals surface area (Å²) in [4.78, 5) is 54.3. The number of hydrogen-bond donors (Lipinski definition) is 2. The van der Waals surface area contributed by atoms with Crippen LogP contribution < -0.4 is 5.32 Å². The number of anilines is 1. The average Bonchev–Trinajstić information content (AvgIpc) is 3.32. The zero-order valence-corrected chi connectivity index (χ0v) is 26.4. The number of rotatable bonds is 7. The predicted octanol–water partition coefficient (Wildman–Crippen LogP) is 4.68. The number of fused-ring (bicyclic) bond motifs is 2. The minimum atomic E-state index is -0.797. The summed E-state index contributed by atoms with van der Waals surface area (Å²) in [7, 11) is 0. The highest BCUT2D eigenvalue weighted by molar-refractivity contribution is 9.10. The molecule has 0 radical (unpaired) electrons. The normalized spacial score (nSPS) is 21.3. The fraction of sp³-hybridized carbons (Fsp3) is 0.387. The Morgan fingerprint density at radius 2 is 1.84 bits per heavy atom. The molecule has 44 heavy (non-hydrogen) atoms. The van der Waals surface area contributed by atoms with E-state index in [0.29, 0.717) is 34.3 Å². The third-order valence-corrected chi connectivity index (χ3v) is 9.18. The first-order valence-corrected chi connectivity index (χ1v) is 15.0. The predicted molar refractivity (Wildman–Crippen MR) is 163 cm³/mol. The second-order valence-electron chi connectivity index (χ2n) is 12.1. The van der Waals surface area contributed by atoms with Crippen LogP contribution in [0.3, 0.4) is 0 Å². The lowest BCUT2D eigenvalue weighted by Gasteiger charge is -2.27. The molecule has 11 nitrogen and oxygen atoms in total. The van der Waals surface area contributed by atoms with Crippen LogP contribution in [0.5, 0.6) is 0 Å². The molecule has 228 valence electrons. The first-order valence-electron chi connectivity index (χ1n) is 14.2. The fourth-order valence-corrected chi connectivity index (χ4v) is 6.52. The third kappa shape index (κ3) is 5.17. The highest BCUT2D eigenvalue weighted by Crippen LogP contribution is 2.59. The summed E-state index contributed by atoms with van der Waals surface area (Å²) in [5.74, 6) is -0.928. The molecule has 3 aromatic heterocycles. The van der Waals surface area contributed by atoms with E-state index in [9.17, 15) is 23.9 Å². The number of carbonyl (C=O) groups is 3. The molecule has 2 aliphatic rings. The highest BCUT2D eigenvalue weighted by Gasteiger charge is 2.64. The number of nitrogens with one attached hydrogen (secondary N) is 1. The largest absolute Gasteiger partial charge is 0.385 e. The molecule has 2 fully saturated rings. The van der Waals surface area contributed by atoms with Crippen molar-refractivity contribution >= 4 is 50.2 Å². The molecule has 1 unspecified atom stereocenters. The molecule has 0 spiro atoms. The van der Waals surface area contributed by atoms with Gasteiger partial charge in [-0.25, -0.2) is 19.3 Å². The molecule has 1 aliphatic heterocycles. The fourth-order valence-electron chi connectivity index (χ4n) is 6.23. The number of halogens is 2. The van der Waals surface area contributed by atoms with Crippen LogP contribution in [0.2, 0.25) is 0 Å².